The summed E-state index contributed by atoms with van der Waals surface area (Å²) in [7, 11) is 1.63. The molecule has 0 aliphatic rings. The summed E-state index contributed by atoms with van der Waals surface area (Å²) >= 11 is 0. The van der Waals surface area contributed by atoms with Crippen LogP contribution in [0.3, 0.4) is 0 Å². The number of nitrogens with one attached hydrogen (secondary N) is 2. The van der Waals surface area contributed by atoms with Gasteiger partial charge in [-0.25, -0.2) is 0 Å². The zero-order valence-electron chi connectivity index (χ0n) is 10.9. The summed E-state index contributed by atoms with van der Waals surface area (Å²) in [5.74, 6) is -0.0941. The highest BCUT2D eigenvalue weighted by atomic mass is 16.5. The third kappa shape index (κ3) is 3.56. The van der Waals surface area contributed by atoms with Gasteiger partial charge in [-0.05, 0) is 12.1 Å². The van der Waals surface area contributed by atoms with E-state index in [4.69, 9.17) is 9.47 Å². The third-order valence-electron chi connectivity index (χ3n) is 2.80. The Labute approximate surface area is 111 Å². The maximum atomic E-state index is 12.0. The van der Waals surface area contributed by atoms with Gasteiger partial charge in [0.2, 0.25) is 0 Å². The van der Waals surface area contributed by atoms with Crippen molar-refractivity contribution in [3.63, 3.8) is 0 Å². The number of hydrogen-bond donors (Lipinski definition) is 2. The van der Waals surface area contributed by atoms with E-state index >= 15 is 0 Å². The molecule has 0 atom stereocenters. The van der Waals surface area contributed by atoms with Crippen LogP contribution in [-0.2, 0) is 9.47 Å². The lowest BCUT2D eigenvalue weighted by molar-refractivity contribution is 0.0693. The number of amides is 1. The first-order valence-corrected chi connectivity index (χ1v) is 6.24. The van der Waals surface area contributed by atoms with Crippen molar-refractivity contribution in [2.45, 2.75) is 0 Å². The number of aromatic amines is 1. The minimum absolute atomic E-state index is 0.0941. The van der Waals surface area contributed by atoms with Crippen LogP contribution in [0.15, 0.2) is 30.5 Å². The average Bonchev–Trinajstić information content (AvgIpc) is 2.90. The lowest BCUT2D eigenvalue weighted by Gasteiger charge is -2.07. The van der Waals surface area contributed by atoms with Crippen molar-refractivity contribution in [2.75, 3.05) is 33.5 Å². The molecule has 1 amide bonds. The van der Waals surface area contributed by atoms with Crippen LogP contribution < -0.4 is 5.32 Å². The van der Waals surface area contributed by atoms with Gasteiger partial charge < -0.3 is 19.8 Å². The highest BCUT2D eigenvalue weighted by Crippen LogP contribution is 2.16. The fourth-order valence-electron chi connectivity index (χ4n) is 1.85. The number of ether oxygens (including phenoxy) is 2. The van der Waals surface area contributed by atoms with Crippen LogP contribution in [0.4, 0.5) is 0 Å². The molecule has 0 aliphatic heterocycles. The molecule has 1 heterocycles. The number of carbonyl (C=O) groups is 1. The van der Waals surface area contributed by atoms with Crippen LogP contribution in [0.25, 0.3) is 10.9 Å². The molecule has 2 rings (SSSR count). The van der Waals surface area contributed by atoms with Gasteiger partial charge in [0.1, 0.15) is 0 Å². The number of hydrogen-bond acceptors (Lipinski definition) is 3. The van der Waals surface area contributed by atoms with Crippen LogP contribution in [0.2, 0.25) is 0 Å². The molecule has 0 saturated carbocycles. The number of benzene rings is 1. The maximum Gasteiger partial charge on any atom is 0.253 e. The number of rotatable bonds is 7. The molecular weight excluding hydrogens is 244 g/mol. The monoisotopic (exact) mass is 262 g/mol. The molecule has 0 aliphatic carbocycles. The average molecular weight is 262 g/mol. The van der Waals surface area contributed by atoms with E-state index in [-0.39, 0.29) is 5.91 Å². The Morgan fingerprint density at radius 1 is 1.26 bits per heavy atom. The predicted molar refractivity (Wildman–Crippen MR) is 73.3 cm³/mol. The summed E-state index contributed by atoms with van der Waals surface area (Å²) in [6.07, 6.45) is 1.83. The van der Waals surface area contributed by atoms with Gasteiger partial charge in [0.25, 0.3) is 5.91 Å². The first-order chi connectivity index (χ1) is 9.33. The molecule has 0 spiro atoms. The molecule has 5 heteroatoms. The van der Waals surface area contributed by atoms with Gasteiger partial charge in [-0.1, -0.05) is 12.1 Å². The predicted octanol–water partition coefficient (Wildman–Crippen LogP) is 1.56. The second-order valence-corrected chi connectivity index (χ2v) is 4.11. The molecule has 2 N–H and O–H groups in total. The zero-order valence-corrected chi connectivity index (χ0v) is 10.9. The lowest BCUT2D eigenvalue weighted by Crippen LogP contribution is -2.27. The SMILES string of the molecule is COCCOCCNC(=O)c1cccc2cc[nH]c12. The van der Waals surface area contributed by atoms with Crippen molar-refractivity contribution in [2.24, 2.45) is 0 Å². The molecule has 1 aromatic carbocycles. The topological polar surface area (TPSA) is 63.4 Å². The van der Waals surface area contributed by atoms with E-state index in [0.717, 1.165) is 10.9 Å². The van der Waals surface area contributed by atoms with Gasteiger partial charge in [-0.3, -0.25) is 4.79 Å². The zero-order chi connectivity index (χ0) is 13.5. The maximum absolute atomic E-state index is 12.0. The van der Waals surface area contributed by atoms with Gasteiger partial charge in [0.05, 0.1) is 30.9 Å². The number of aromatic nitrogens is 1. The van der Waals surface area contributed by atoms with Crippen LogP contribution >= 0.6 is 0 Å². The Kier molecular flexibility index (Phi) is 4.94. The lowest BCUT2D eigenvalue weighted by atomic mass is 10.1. The Bertz CT molecular complexity index is 536. The van der Waals surface area contributed by atoms with E-state index in [1.807, 2.05) is 24.4 Å². The standard InChI is InChI=1S/C14H18N2O3/c1-18-9-10-19-8-7-16-14(17)12-4-2-3-11-5-6-15-13(11)12/h2-6,15H,7-10H2,1H3,(H,16,17). The summed E-state index contributed by atoms with van der Waals surface area (Å²) in [5, 5.41) is 3.86. The Balaban J connectivity index is 1.85. The summed E-state index contributed by atoms with van der Waals surface area (Å²) in [6, 6.07) is 7.59. The minimum atomic E-state index is -0.0941. The van der Waals surface area contributed by atoms with Crippen molar-refractivity contribution >= 4 is 16.8 Å². The fraction of sp³-hybridized carbons (Fsp3) is 0.357. The van der Waals surface area contributed by atoms with E-state index in [0.29, 0.717) is 31.9 Å². The minimum Gasteiger partial charge on any atom is -0.382 e. The van der Waals surface area contributed by atoms with Crippen molar-refractivity contribution in [3.05, 3.63) is 36.0 Å². The Morgan fingerprint density at radius 3 is 3.00 bits per heavy atom. The Hall–Kier alpha value is -1.85. The number of H-pyrrole nitrogens is 1. The normalized spacial score (nSPS) is 10.8. The largest absolute Gasteiger partial charge is 0.382 e. The molecule has 1 aromatic heterocycles. The Morgan fingerprint density at radius 2 is 2.16 bits per heavy atom. The molecule has 0 unspecified atom stereocenters. The van der Waals surface area contributed by atoms with Crippen molar-refractivity contribution in [1.82, 2.24) is 10.3 Å². The number of carbonyl (C=O) groups excluding carboxylic acids is 1. The molecule has 5 nitrogen and oxygen atoms in total. The van der Waals surface area contributed by atoms with Crippen molar-refractivity contribution in [3.8, 4) is 0 Å². The molecule has 19 heavy (non-hydrogen) atoms. The molecule has 2 aromatic rings. The van der Waals surface area contributed by atoms with E-state index in [9.17, 15) is 4.79 Å². The first-order valence-electron chi connectivity index (χ1n) is 6.24. The molecular formula is C14H18N2O3. The van der Waals surface area contributed by atoms with Crippen molar-refractivity contribution < 1.29 is 14.3 Å². The van der Waals surface area contributed by atoms with Gasteiger partial charge in [0, 0.05) is 25.2 Å². The number of methoxy groups -OCH3 is 1. The second-order valence-electron chi connectivity index (χ2n) is 4.11. The summed E-state index contributed by atoms with van der Waals surface area (Å²) < 4.78 is 10.1. The van der Waals surface area contributed by atoms with E-state index in [1.54, 1.807) is 13.2 Å². The highest BCUT2D eigenvalue weighted by Gasteiger charge is 2.09. The summed E-state index contributed by atoms with van der Waals surface area (Å²) in [5.41, 5.74) is 1.51. The van der Waals surface area contributed by atoms with E-state index < -0.39 is 0 Å². The van der Waals surface area contributed by atoms with Crippen LogP contribution in [0.5, 0.6) is 0 Å². The van der Waals surface area contributed by atoms with Crippen LogP contribution in [-0.4, -0.2) is 44.4 Å². The van der Waals surface area contributed by atoms with Crippen molar-refractivity contribution in [1.29, 1.82) is 0 Å². The number of para-hydroxylation sites is 1. The molecule has 102 valence electrons. The molecule has 0 radical (unpaired) electrons. The van der Waals surface area contributed by atoms with Gasteiger partial charge in [-0.15, -0.1) is 0 Å². The quantitative estimate of drug-likeness (QED) is 0.744. The smallest absolute Gasteiger partial charge is 0.253 e. The second kappa shape index (κ2) is 6.92. The van der Waals surface area contributed by atoms with Gasteiger partial charge in [-0.2, -0.15) is 0 Å². The molecule has 0 saturated heterocycles. The summed E-state index contributed by atoms with van der Waals surface area (Å²) in [4.78, 5) is 15.1. The van der Waals surface area contributed by atoms with Gasteiger partial charge in [0.15, 0.2) is 0 Å². The van der Waals surface area contributed by atoms with Gasteiger partial charge >= 0.3 is 0 Å². The first kappa shape index (κ1) is 13.6. The molecule has 0 bridgehead atoms. The van der Waals surface area contributed by atoms with E-state index in [1.165, 1.54) is 0 Å². The summed E-state index contributed by atoms with van der Waals surface area (Å²) in [6.45, 7) is 2.07. The fourth-order valence-corrected chi connectivity index (χ4v) is 1.85. The van der Waals surface area contributed by atoms with E-state index in [2.05, 4.69) is 10.3 Å². The molecule has 0 fully saturated rings. The third-order valence-corrected chi connectivity index (χ3v) is 2.80. The van der Waals surface area contributed by atoms with Crippen LogP contribution in [0.1, 0.15) is 10.4 Å². The number of fused-ring (bicyclic) bond motifs is 1. The highest BCUT2D eigenvalue weighted by molar-refractivity contribution is 6.05. The van der Waals surface area contributed by atoms with Crippen LogP contribution in [0, 0.1) is 0 Å².